The van der Waals surface area contributed by atoms with Gasteiger partial charge in [-0.15, -0.1) is 0 Å². The number of piperidine rings is 1. The molecular formula is C24H29N3O5S. The van der Waals surface area contributed by atoms with E-state index in [1.165, 1.54) is 22.2 Å². The van der Waals surface area contributed by atoms with Gasteiger partial charge in [0, 0.05) is 38.7 Å². The monoisotopic (exact) mass is 471 g/mol. The van der Waals surface area contributed by atoms with E-state index in [2.05, 4.69) is 5.32 Å². The molecule has 1 unspecified atom stereocenters. The van der Waals surface area contributed by atoms with E-state index < -0.39 is 16.1 Å². The van der Waals surface area contributed by atoms with Gasteiger partial charge in [-0.3, -0.25) is 14.5 Å². The van der Waals surface area contributed by atoms with Crippen molar-refractivity contribution in [2.24, 2.45) is 0 Å². The van der Waals surface area contributed by atoms with Crippen LogP contribution < -0.4 is 15.0 Å². The number of benzene rings is 2. The second kappa shape index (κ2) is 9.52. The largest absolute Gasteiger partial charge is 0.497 e. The van der Waals surface area contributed by atoms with Gasteiger partial charge >= 0.3 is 0 Å². The van der Waals surface area contributed by atoms with Crippen LogP contribution in [0.1, 0.15) is 37.3 Å². The van der Waals surface area contributed by atoms with Crippen LogP contribution in [0.15, 0.2) is 47.4 Å². The molecular weight excluding hydrogens is 442 g/mol. The summed E-state index contributed by atoms with van der Waals surface area (Å²) in [6, 6.07) is 11.4. The molecule has 0 saturated carbocycles. The molecule has 1 fully saturated rings. The Balaban J connectivity index is 1.52. The highest BCUT2D eigenvalue weighted by Crippen LogP contribution is 2.35. The number of rotatable bonds is 6. The summed E-state index contributed by atoms with van der Waals surface area (Å²) >= 11 is 0. The van der Waals surface area contributed by atoms with E-state index in [4.69, 9.17) is 4.74 Å². The van der Waals surface area contributed by atoms with Gasteiger partial charge in [-0.25, -0.2) is 8.42 Å². The molecule has 1 atom stereocenters. The number of anilines is 1. The Hall–Kier alpha value is -2.91. The van der Waals surface area contributed by atoms with E-state index in [0.29, 0.717) is 30.9 Å². The third-order valence-electron chi connectivity index (χ3n) is 6.26. The normalized spacial score (nSPS) is 18.6. The zero-order valence-corrected chi connectivity index (χ0v) is 19.7. The van der Waals surface area contributed by atoms with Crippen LogP contribution in [0.5, 0.6) is 5.75 Å². The molecule has 0 bridgehead atoms. The molecule has 0 aliphatic carbocycles. The summed E-state index contributed by atoms with van der Waals surface area (Å²) in [6.07, 6.45) is 3.03. The Morgan fingerprint density at radius 3 is 2.39 bits per heavy atom. The number of carbonyl (C=O) groups excluding carboxylic acids is 2. The summed E-state index contributed by atoms with van der Waals surface area (Å²) in [6.45, 7) is 2.78. The van der Waals surface area contributed by atoms with Gasteiger partial charge in [-0.05, 0) is 54.3 Å². The van der Waals surface area contributed by atoms with Crippen LogP contribution in [0.25, 0.3) is 0 Å². The molecule has 2 heterocycles. The van der Waals surface area contributed by atoms with Crippen molar-refractivity contribution < 1.29 is 22.7 Å². The smallest absolute Gasteiger partial charge is 0.243 e. The molecule has 0 radical (unpaired) electrons. The Morgan fingerprint density at radius 2 is 1.76 bits per heavy atom. The van der Waals surface area contributed by atoms with Gasteiger partial charge in [0.1, 0.15) is 11.8 Å². The van der Waals surface area contributed by atoms with Crippen molar-refractivity contribution in [1.29, 1.82) is 0 Å². The summed E-state index contributed by atoms with van der Waals surface area (Å²) in [5, 5.41) is 2.89. The topological polar surface area (TPSA) is 96.0 Å². The summed E-state index contributed by atoms with van der Waals surface area (Å²) in [5.74, 6) is 0.192. The van der Waals surface area contributed by atoms with Crippen LogP contribution in [0.2, 0.25) is 0 Å². The Labute approximate surface area is 194 Å². The molecule has 9 heteroatoms. The number of sulfonamides is 1. The maximum Gasteiger partial charge on any atom is 0.243 e. The van der Waals surface area contributed by atoms with Crippen molar-refractivity contribution in [1.82, 2.24) is 9.62 Å². The van der Waals surface area contributed by atoms with Gasteiger partial charge in [0.25, 0.3) is 0 Å². The van der Waals surface area contributed by atoms with E-state index in [9.17, 15) is 18.0 Å². The second-order valence-corrected chi connectivity index (χ2v) is 10.4. The second-order valence-electron chi connectivity index (χ2n) is 8.43. The molecule has 176 valence electrons. The first-order chi connectivity index (χ1) is 15.8. The Bertz CT molecular complexity index is 1140. The van der Waals surface area contributed by atoms with Crippen molar-refractivity contribution in [2.45, 2.75) is 50.1 Å². The number of nitrogens with one attached hydrogen (secondary N) is 1. The fourth-order valence-corrected chi connectivity index (χ4v) is 6.06. The lowest BCUT2D eigenvalue weighted by molar-refractivity contribution is -0.125. The van der Waals surface area contributed by atoms with Crippen molar-refractivity contribution >= 4 is 27.5 Å². The third-order valence-corrected chi connectivity index (χ3v) is 8.15. The van der Waals surface area contributed by atoms with Crippen molar-refractivity contribution in [3.63, 3.8) is 0 Å². The van der Waals surface area contributed by atoms with E-state index >= 15 is 0 Å². The Kier molecular flexibility index (Phi) is 6.71. The molecule has 1 saturated heterocycles. The highest BCUT2D eigenvalue weighted by molar-refractivity contribution is 7.89. The van der Waals surface area contributed by atoms with Crippen molar-refractivity contribution in [3.8, 4) is 5.75 Å². The number of fused-ring (bicyclic) bond motifs is 1. The predicted molar refractivity (Wildman–Crippen MR) is 125 cm³/mol. The minimum absolute atomic E-state index is 0.214. The zero-order valence-electron chi connectivity index (χ0n) is 18.9. The minimum Gasteiger partial charge on any atom is -0.497 e. The zero-order chi connectivity index (χ0) is 23.6. The van der Waals surface area contributed by atoms with Crippen molar-refractivity contribution in [3.05, 3.63) is 53.6 Å². The summed E-state index contributed by atoms with van der Waals surface area (Å²) in [4.78, 5) is 27.1. The van der Waals surface area contributed by atoms with E-state index in [-0.39, 0.29) is 23.1 Å². The molecule has 2 amide bonds. The first-order valence-corrected chi connectivity index (χ1v) is 12.6. The molecule has 2 aliphatic heterocycles. The first kappa shape index (κ1) is 23.3. The van der Waals surface area contributed by atoms with E-state index in [0.717, 1.165) is 30.6 Å². The van der Waals surface area contributed by atoms with Crippen LogP contribution in [0.4, 0.5) is 5.69 Å². The highest BCUT2D eigenvalue weighted by Gasteiger charge is 2.38. The number of hydrogen-bond donors (Lipinski definition) is 1. The molecule has 2 aromatic rings. The minimum atomic E-state index is -3.59. The predicted octanol–water partition coefficient (Wildman–Crippen LogP) is 2.46. The number of carbonyl (C=O) groups is 2. The van der Waals surface area contributed by atoms with Gasteiger partial charge in [-0.1, -0.05) is 18.6 Å². The first-order valence-electron chi connectivity index (χ1n) is 11.1. The van der Waals surface area contributed by atoms with Crippen LogP contribution in [-0.4, -0.2) is 50.8 Å². The van der Waals surface area contributed by atoms with Crippen molar-refractivity contribution in [2.75, 3.05) is 25.1 Å². The molecule has 33 heavy (non-hydrogen) atoms. The fourth-order valence-electron chi connectivity index (χ4n) is 4.49. The number of methoxy groups -OCH3 is 1. The van der Waals surface area contributed by atoms with E-state index in [1.54, 1.807) is 19.2 Å². The maximum atomic E-state index is 13.1. The lowest BCUT2D eigenvalue weighted by Crippen LogP contribution is -2.47. The van der Waals surface area contributed by atoms with Gasteiger partial charge < -0.3 is 10.1 Å². The molecule has 8 nitrogen and oxygen atoms in total. The number of amides is 2. The molecule has 4 rings (SSSR count). The lowest BCUT2D eigenvalue weighted by atomic mass is 10.1. The number of nitrogens with zero attached hydrogens (tertiary/aromatic N) is 2. The molecule has 2 aromatic carbocycles. The van der Waals surface area contributed by atoms with Gasteiger partial charge in [-0.2, -0.15) is 4.31 Å². The van der Waals surface area contributed by atoms with Gasteiger partial charge in [0.2, 0.25) is 21.8 Å². The maximum absolute atomic E-state index is 13.1. The molecule has 0 spiro atoms. The summed E-state index contributed by atoms with van der Waals surface area (Å²) in [7, 11) is -2.00. The summed E-state index contributed by atoms with van der Waals surface area (Å²) in [5.41, 5.74) is 2.18. The third kappa shape index (κ3) is 4.74. The van der Waals surface area contributed by atoms with Gasteiger partial charge in [0.05, 0.1) is 12.0 Å². The van der Waals surface area contributed by atoms with Crippen LogP contribution in [0.3, 0.4) is 0 Å². The fraction of sp³-hybridized carbons (Fsp3) is 0.417. The van der Waals surface area contributed by atoms with E-state index in [1.807, 2.05) is 24.3 Å². The molecule has 0 aromatic heterocycles. The molecule has 1 N–H and O–H groups in total. The average Bonchev–Trinajstić information content (AvgIpc) is 3.22. The number of hydrogen-bond acceptors (Lipinski definition) is 5. The summed E-state index contributed by atoms with van der Waals surface area (Å²) < 4.78 is 32.8. The SMILES string of the molecule is COc1ccc(CNC(=O)C2Cc3cc(S(=O)(=O)N4CCCCC4)ccc3N2C(C)=O)cc1. The Morgan fingerprint density at radius 1 is 1.06 bits per heavy atom. The van der Waals surface area contributed by atoms with Crippen LogP contribution >= 0.6 is 0 Å². The van der Waals surface area contributed by atoms with Crippen LogP contribution in [0, 0.1) is 0 Å². The standard InChI is InChI=1S/C24H29N3O5S/c1-17(28)27-22-11-10-21(33(30,31)26-12-4-3-5-13-26)14-19(22)15-23(27)24(29)25-16-18-6-8-20(32-2)9-7-18/h6-11,14,23H,3-5,12-13,15-16H2,1-2H3,(H,25,29). The highest BCUT2D eigenvalue weighted by atomic mass is 32.2. The quantitative estimate of drug-likeness (QED) is 0.698. The van der Waals surface area contributed by atoms with Crippen LogP contribution in [-0.2, 0) is 32.6 Å². The lowest BCUT2D eigenvalue weighted by Gasteiger charge is -2.26. The number of ether oxygens (including phenoxy) is 1. The molecule has 2 aliphatic rings. The van der Waals surface area contributed by atoms with Gasteiger partial charge in [0.15, 0.2) is 0 Å². The average molecular weight is 472 g/mol.